The minimum absolute atomic E-state index is 0.165. The number of fused-ring (bicyclic) bond motifs is 3. The average Bonchev–Trinajstić information content (AvgIpc) is 2.84. The van der Waals surface area contributed by atoms with Gasteiger partial charge in [-0.2, -0.15) is 0 Å². The molecule has 2 aromatic carbocycles. The highest BCUT2D eigenvalue weighted by molar-refractivity contribution is 7.90. The molecule has 2 heterocycles. The molecular weight excluding hydrogens is 418 g/mol. The summed E-state index contributed by atoms with van der Waals surface area (Å²) in [5.74, 6) is -0.411. The summed E-state index contributed by atoms with van der Waals surface area (Å²) in [4.78, 5) is 17.1. The Labute approximate surface area is 182 Å². The number of halogens is 2. The molecule has 1 aliphatic heterocycles. The van der Waals surface area contributed by atoms with E-state index in [9.17, 15) is 18.1 Å². The van der Waals surface area contributed by atoms with E-state index in [-0.39, 0.29) is 11.1 Å². The standard InChI is InChI=1S/C24H22F2N2O2S/c1-4-31(30)13-15-5-7-17-20(9-15)21-12-28(3)23(29)11-19(21)14(2)27-24(17)18-8-6-16(25)10-22(18)26/h5-12,14H,4,13H2,1-3H3/t14-,31?/m0/s1. The molecule has 7 heteroatoms. The highest BCUT2D eigenvalue weighted by Crippen LogP contribution is 2.37. The molecule has 4 rings (SSSR count). The van der Waals surface area contributed by atoms with Gasteiger partial charge in [0.1, 0.15) is 23.1 Å². The second-order valence-corrected chi connectivity index (χ2v) is 9.37. The lowest BCUT2D eigenvalue weighted by atomic mass is 9.91. The predicted molar refractivity (Wildman–Crippen MR) is 120 cm³/mol. The number of nitrogens with zero attached hydrogens (tertiary/aromatic N) is 2. The normalized spacial score (nSPS) is 16.2. The van der Waals surface area contributed by atoms with Gasteiger partial charge in [-0.25, -0.2) is 8.78 Å². The summed E-state index contributed by atoms with van der Waals surface area (Å²) in [6.45, 7) is 3.72. The first-order valence-electron chi connectivity index (χ1n) is 10.0. The molecule has 0 fully saturated rings. The van der Waals surface area contributed by atoms with Gasteiger partial charge in [0.15, 0.2) is 0 Å². The fraction of sp³-hybridized carbons (Fsp3) is 0.250. The van der Waals surface area contributed by atoms with Crippen LogP contribution in [-0.2, 0) is 24.0 Å². The van der Waals surface area contributed by atoms with Crippen LogP contribution >= 0.6 is 0 Å². The topological polar surface area (TPSA) is 57.4 Å². The molecule has 31 heavy (non-hydrogen) atoms. The van der Waals surface area contributed by atoms with Crippen LogP contribution in [-0.4, -0.2) is 20.6 Å². The van der Waals surface area contributed by atoms with E-state index in [1.807, 2.05) is 32.0 Å². The van der Waals surface area contributed by atoms with E-state index in [0.29, 0.717) is 22.8 Å². The Balaban J connectivity index is 2.00. The second-order valence-electron chi connectivity index (χ2n) is 7.62. The van der Waals surface area contributed by atoms with Crippen molar-refractivity contribution in [2.75, 3.05) is 5.75 Å². The molecule has 0 N–H and O–H groups in total. The third-order valence-corrected chi connectivity index (χ3v) is 6.80. The molecule has 1 aliphatic rings. The van der Waals surface area contributed by atoms with E-state index in [1.54, 1.807) is 19.3 Å². The molecule has 2 atom stereocenters. The van der Waals surface area contributed by atoms with Crippen LogP contribution in [0.15, 0.2) is 58.4 Å². The highest BCUT2D eigenvalue weighted by Gasteiger charge is 2.26. The SMILES string of the molecule is CC[S+]([O-])Cc1ccc2c(c1)-c1cn(C)c(=O)cc1[C@H](C)N=C2c1ccc(F)cc1F. The summed E-state index contributed by atoms with van der Waals surface area (Å²) < 4.78 is 41.9. The molecule has 0 saturated heterocycles. The Morgan fingerprint density at radius 3 is 2.52 bits per heavy atom. The largest absolute Gasteiger partial charge is 0.616 e. The molecule has 0 aliphatic carbocycles. The lowest BCUT2D eigenvalue weighted by Gasteiger charge is -2.16. The van der Waals surface area contributed by atoms with Gasteiger partial charge in [-0.05, 0) is 54.3 Å². The first kappa shape index (κ1) is 21.5. The molecular formula is C24H22F2N2O2S. The lowest BCUT2D eigenvalue weighted by Crippen LogP contribution is -2.17. The fourth-order valence-electron chi connectivity index (χ4n) is 3.84. The van der Waals surface area contributed by atoms with E-state index < -0.39 is 28.9 Å². The highest BCUT2D eigenvalue weighted by atomic mass is 32.2. The van der Waals surface area contributed by atoms with Gasteiger partial charge in [-0.1, -0.05) is 12.1 Å². The molecule has 0 bridgehead atoms. The summed E-state index contributed by atoms with van der Waals surface area (Å²) in [6.07, 6.45) is 1.76. The van der Waals surface area contributed by atoms with Crippen LogP contribution in [0.1, 0.15) is 42.1 Å². The van der Waals surface area contributed by atoms with Gasteiger partial charge in [0.2, 0.25) is 0 Å². The number of hydrogen-bond acceptors (Lipinski definition) is 3. The van der Waals surface area contributed by atoms with Gasteiger partial charge in [-0.3, -0.25) is 9.79 Å². The predicted octanol–water partition coefficient (Wildman–Crippen LogP) is 4.51. The summed E-state index contributed by atoms with van der Waals surface area (Å²) in [5.41, 5.74) is 4.32. The molecule has 0 saturated carbocycles. The van der Waals surface area contributed by atoms with Crippen LogP contribution in [0.2, 0.25) is 0 Å². The fourth-order valence-corrected chi connectivity index (χ4v) is 4.60. The summed E-state index contributed by atoms with van der Waals surface area (Å²) in [6, 6.07) is 10.2. The lowest BCUT2D eigenvalue weighted by molar-refractivity contribution is 0.581. The summed E-state index contributed by atoms with van der Waals surface area (Å²) >= 11 is -0.994. The van der Waals surface area contributed by atoms with Crippen LogP contribution in [0.25, 0.3) is 11.1 Å². The van der Waals surface area contributed by atoms with E-state index in [0.717, 1.165) is 28.3 Å². The van der Waals surface area contributed by atoms with E-state index in [4.69, 9.17) is 4.99 Å². The maximum atomic E-state index is 14.7. The Morgan fingerprint density at radius 2 is 1.81 bits per heavy atom. The zero-order chi connectivity index (χ0) is 22.3. The van der Waals surface area contributed by atoms with Crippen molar-refractivity contribution in [1.29, 1.82) is 0 Å². The van der Waals surface area contributed by atoms with Crippen LogP contribution in [0.5, 0.6) is 0 Å². The van der Waals surface area contributed by atoms with Crippen molar-refractivity contribution >= 4 is 16.9 Å². The Morgan fingerprint density at radius 1 is 1.06 bits per heavy atom. The van der Waals surface area contributed by atoms with Gasteiger partial charge < -0.3 is 9.12 Å². The van der Waals surface area contributed by atoms with Gasteiger partial charge in [-0.15, -0.1) is 0 Å². The number of aromatic nitrogens is 1. The van der Waals surface area contributed by atoms with Crippen LogP contribution in [0, 0.1) is 11.6 Å². The van der Waals surface area contributed by atoms with Crippen molar-refractivity contribution in [1.82, 2.24) is 4.57 Å². The molecule has 1 unspecified atom stereocenters. The summed E-state index contributed by atoms with van der Waals surface area (Å²) in [5, 5.41) is 0. The van der Waals surface area contributed by atoms with Gasteiger partial charge >= 0.3 is 0 Å². The van der Waals surface area contributed by atoms with Crippen LogP contribution in [0.3, 0.4) is 0 Å². The minimum atomic E-state index is -0.994. The van der Waals surface area contributed by atoms with Crippen molar-refractivity contribution in [2.24, 2.45) is 12.0 Å². The zero-order valence-electron chi connectivity index (χ0n) is 17.5. The number of hydrogen-bond donors (Lipinski definition) is 0. The quantitative estimate of drug-likeness (QED) is 0.561. The average molecular weight is 441 g/mol. The Hall–Kier alpha value is -2.77. The molecule has 4 nitrogen and oxygen atoms in total. The monoisotopic (exact) mass is 440 g/mol. The first-order valence-corrected chi connectivity index (χ1v) is 11.5. The van der Waals surface area contributed by atoms with E-state index in [1.165, 1.54) is 16.7 Å². The number of benzene rings is 2. The maximum absolute atomic E-state index is 14.7. The van der Waals surface area contributed by atoms with Crippen molar-refractivity contribution in [3.8, 4) is 11.1 Å². The Kier molecular flexibility index (Phi) is 5.81. The molecule has 0 amide bonds. The van der Waals surface area contributed by atoms with E-state index >= 15 is 0 Å². The smallest absolute Gasteiger partial charge is 0.250 e. The zero-order valence-corrected chi connectivity index (χ0v) is 18.3. The van der Waals surface area contributed by atoms with E-state index in [2.05, 4.69) is 0 Å². The number of aliphatic imine (C=N–C) groups is 1. The summed E-state index contributed by atoms with van der Waals surface area (Å²) in [7, 11) is 1.68. The van der Waals surface area contributed by atoms with Crippen molar-refractivity contribution in [3.63, 3.8) is 0 Å². The van der Waals surface area contributed by atoms with Crippen molar-refractivity contribution in [2.45, 2.75) is 25.6 Å². The van der Waals surface area contributed by atoms with Gasteiger partial charge in [0, 0.05) is 47.6 Å². The molecule has 0 radical (unpaired) electrons. The number of rotatable bonds is 4. The first-order chi connectivity index (χ1) is 14.8. The number of aryl methyl sites for hydroxylation is 1. The van der Waals surface area contributed by atoms with Crippen molar-refractivity contribution in [3.05, 3.63) is 92.9 Å². The van der Waals surface area contributed by atoms with Crippen LogP contribution in [0.4, 0.5) is 8.78 Å². The third kappa shape index (κ3) is 4.07. The van der Waals surface area contributed by atoms with Gasteiger partial charge in [0.05, 0.1) is 11.8 Å². The van der Waals surface area contributed by atoms with Crippen molar-refractivity contribution < 1.29 is 13.3 Å². The molecule has 3 aromatic rings. The number of pyridine rings is 1. The van der Waals surface area contributed by atoms with Crippen LogP contribution < -0.4 is 5.56 Å². The Bertz CT molecular complexity index is 1250. The maximum Gasteiger partial charge on any atom is 0.250 e. The second kappa shape index (κ2) is 8.40. The van der Waals surface area contributed by atoms with Gasteiger partial charge in [0.25, 0.3) is 5.56 Å². The molecule has 1 aromatic heterocycles. The molecule has 160 valence electrons. The molecule has 0 spiro atoms. The third-order valence-electron chi connectivity index (χ3n) is 5.50. The minimum Gasteiger partial charge on any atom is -0.616 e.